The number of rotatable bonds is 0. The molecule has 2 amide bonds. The molecular weight excluding hydrogens is 132 g/mol. The highest BCUT2D eigenvalue weighted by atomic mass is 16.2. The Balaban J connectivity index is 2.20. The first-order valence-corrected chi connectivity index (χ1v) is 3.10. The summed E-state index contributed by atoms with van der Waals surface area (Å²) >= 11 is 0. The van der Waals surface area contributed by atoms with Crippen LogP contribution in [0.15, 0.2) is 11.9 Å². The first-order valence-electron chi connectivity index (χ1n) is 3.10. The van der Waals surface area contributed by atoms with Gasteiger partial charge in [0.05, 0.1) is 12.4 Å². The van der Waals surface area contributed by atoms with Gasteiger partial charge in [0.2, 0.25) is 0 Å². The van der Waals surface area contributed by atoms with Crippen molar-refractivity contribution in [3.63, 3.8) is 0 Å². The van der Waals surface area contributed by atoms with Crippen LogP contribution >= 0.6 is 0 Å². The van der Waals surface area contributed by atoms with Gasteiger partial charge in [0.25, 0.3) is 0 Å². The molecule has 0 aromatic rings. The van der Waals surface area contributed by atoms with Crippen molar-refractivity contribution in [3.05, 3.63) is 11.9 Å². The normalized spacial score (nSPS) is 29.4. The van der Waals surface area contributed by atoms with Gasteiger partial charge in [0, 0.05) is 6.20 Å². The van der Waals surface area contributed by atoms with E-state index in [-0.39, 0.29) is 12.2 Å². The third kappa shape index (κ3) is 0.714. The maximum Gasteiger partial charge on any atom is 0.320 e. The Kier molecular flexibility index (Phi) is 1.04. The zero-order valence-electron chi connectivity index (χ0n) is 5.27. The number of urea groups is 1. The summed E-state index contributed by atoms with van der Waals surface area (Å²) in [6.45, 7) is 0.707. The lowest BCUT2D eigenvalue weighted by atomic mass is 10.3. The van der Waals surface area contributed by atoms with Crippen molar-refractivity contribution in [2.24, 2.45) is 0 Å². The molecule has 0 bridgehead atoms. The summed E-state index contributed by atoms with van der Waals surface area (Å²) in [6.07, 6.45) is 1.65. The Bertz CT molecular complexity index is 200. The third-order valence-corrected chi connectivity index (χ3v) is 1.54. The fraction of sp³-hybridized carbons (Fsp3) is 0.400. The van der Waals surface area contributed by atoms with Crippen LogP contribution in [0.2, 0.25) is 0 Å². The number of nitrogens with one attached hydrogen (secondary N) is 4. The summed E-state index contributed by atoms with van der Waals surface area (Å²) in [6, 6.07) is -0.162. The van der Waals surface area contributed by atoms with E-state index in [2.05, 4.69) is 21.3 Å². The fourth-order valence-corrected chi connectivity index (χ4v) is 1.05. The predicted molar refractivity (Wildman–Crippen MR) is 34.7 cm³/mol. The van der Waals surface area contributed by atoms with E-state index in [9.17, 15) is 4.79 Å². The van der Waals surface area contributed by atoms with Gasteiger partial charge in [-0.25, -0.2) is 4.79 Å². The zero-order valence-corrected chi connectivity index (χ0v) is 5.27. The van der Waals surface area contributed by atoms with Crippen LogP contribution < -0.4 is 21.3 Å². The van der Waals surface area contributed by atoms with Crippen LogP contribution in [-0.4, -0.2) is 18.9 Å². The highest BCUT2D eigenvalue weighted by Crippen LogP contribution is 2.02. The van der Waals surface area contributed by atoms with Gasteiger partial charge in [0.15, 0.2) is 0 Å². The summed E-state index contributed by atoms with van der Waals surface area (Å²) < 4.78 is 0. The van der Waals surface area contributed by atoms with Crippen LogP contribution in [0.5, 0.6) is 0 Å². The lowest BCUT2D eigenvalue weighted by Gasteiger charge is -2.18. The van der Waals surface area contributed by atoms with E-state index in [1.54, 1.807) is 6.20 Å². The SMILES string of the molecule is O=C1NC=C2NCNC2N1. The fourth-order valence-electron chi connectivity index (χ4n) is 1.05. The number of amides is 2. The van der Waals surface area contributed by atoms with Crippen LogP contribution in [-0.2, 0) is 0 Å². The van der Waals surface area contributed by atoms with Crippen LogP contribution in [0.3, 0.4) is 0 Å². The van der Waals surface area contributed by atoms with E-state index in [0.29, 0.717) is 6.67 Å². The molecule has 0 aromatic heterocycles. The molecule has 0 aromatic carbocycles. The van der Waals surface area contributed by atoms with Crippen molar-refractivity contribution < 1.29 is 4.79 Å². The van der Waals surface area contributed by atoms with Gasteiger partial charge in [0.1, 0.15) is 6.17 Å². The second-order valence-electron chi connectivity index (χ2n) is 2.21. The van der Waals surface area contributed by atoms with Crippen LogP contribution in [0.1, 0.15) is 0 Å². The average Bonchev–Trinajstić information content (AvgIpc) is 2.33. The Morgan fingerprint density at radius 2 is 2.50 bits per heavy atom. The van der Waals surface area contributed by atoms with E-state index in [0.717, 1.165) is 5.70 Å². The second kappa shape index (κ2) is 1.88. The largest absolute Gasteiger partial charge is 0.372 e. The summed E-state index contributed by atoms with van der Waals surface area (Å²) in [4.78, 5) is 10.7. The molecule has 2 heterocycles. The Labute approximate surface area is 57.9 Å². The maximum atomic E-state index is 10.7. The predicted octanol–water partition coefficient (Wildman–Crippen LogP) is -1.38. The Morgan fingerprint density at radius 1 is 1.60 bits per heavy atom. The molecule has 1 fully saturated rings. The second-order valence-corrected chi connectivity index (χ2v) is 2.21. The first-order chi connectivity index (χ1) is 4.86. The van der Waals surface area contributed by atoms with Gasteiger partial charge in [-0.05, 0) is 0 Å². The number of fused-ring (bicyclic) bond motifs is 1. The topological polar surface area (TPSA) is 65.2 Å². The van der Waals surface area contributed by atoms with E-state index in [4.69, 9.17) is 0 Å². The molecule has 1 unspecified atom stereocenters. The molecule has 0 saturated carbocycles. The van der Waals surface area contributed by atoms with Gasteiger partial charge < -0.3 is 16.0 Å². The van der Waals surface area contributed by atoms with Gasteiger partial charge in [-0.3, -0.25) is 5.32 Å². The standard InChI is InChI=1S/C5H8N4O/c10-5-6-1-3-4(9-5)8-2-7-3/h1,4,7-8H,2H2,(H2,6,9,10). The lowest BCUT2D eigenvalue weighted by Crippen LogP contribution is -2.49. The van der Waals surface area contributed by atoms with Crippen molar-refractivity contribution >= 4 is 6.03 Å². The van der Waals surface area contributed by atoms with Crippen molar-refractivity contribution in [2.75, 3.05) is 6.67 Å². The first kappa shape index (κ1) is 5.55. The molecule has 0 aliphatic carbocycles. The van der Waals surface area contributed by atoms with Crippen LogP contribution in [0.4, 0.5) is 4.79 Å². The molecule has 4 N–H and O–H groups in total. The lowest BCUT2D eigenvalue weighted by molar-refractivity contribution is 0.239. The van der Waals surface area contributed by atoms with Gasteiger partial charge in [-0.2, -0.15) is 0 Å². The molecule has 0 radical (unpaired) electrons. The summed E-state index contributed by atoms with van der Waals surface area (Å²) in [5, 5.41) is 11.3. The van der Waals surface area contributed by atoms with E-state index in [1.165, 1.54) is 0 Å². The Hall–Kier alpha value is -1.23. The van der Waals surface area contributed by atoms with Crippen molar-refractivity contribution in [3.8, 4) is 0 Å². The third-order valence-electron chi connectivity index (χ3n) is 1.54. The van der Waals surface area contributed by atoms with E-state index < -0.39 is 0 Å². The van der Waals surface area contributed by atoms with Crippen molar-refractivity contribution in [2.45, 2.75) is 6.17 Å². The Morgan fingerprint density at radius 3 is 3.40 bits per heavy atom. The highest BCUT2D eigenvalue weighted by Gasteiger charge is 2.24. The van der Waals surface area contributed by atoms with E-state index >= 15 is 0 Å². The highest BCUT2D eigenvalue weighted by molar-refractivity contribution is 5.77. The minimum atomic E-state index is -0.162. The van der Waals surface area contributed by atoms with E-state index in [1.807, 2.05) is 0 Å². The molecule has 2 aliphatic heterocycles. The summed E-state index contributed by atoms with van der Waals surface area (Å²) in [7, 11) is 0. The number of carbonyl (C=O) groups is 1. The molecule has 10 heavy (non-hydrogen) atoms. The minimum Gasteiger partial charge on any atom is -0.372 e. The maximum absolute atomic E-state index is 10.7. The average molecular weight is 140 g/mol. The molecular formula is C5H8N4O. The van der Waals surface area contributed by atoms with Gasteiger partial charge in [-0.1, -0.05) is 0 Å². The molecule has 2 aliphatic rings. The molecule has 0 spiro atoms. The molecule has 54 valence electrons. The summed E-state index contributed by atoms with van der Waals surface area (Å²) in [5.41, 5.74) is 0.986. The summed E-state index contributed by atoms with van der Waals surface area (Å²) in [5.74, 6) is 0. The quantitative estimate of drug-likeness (QED) is 0.335. The van der Waals surface area contributed by atoms with Crippen molar-refractivity contribution in [1.82, 2.24) is 21.3 Å². The number of hydrogen-bond donors (Lipinski definition) is 4. The number of hydrogen-bond acceptors (Lipinski definition) is 3. The molecule has 1 atom stereocenters. The van der Waals surface area contributed by atoms with Gasteiger partial charge in [-0.15, -0.1) is 0 Å². The van der Waals surface area contributed by atoms with Crippen LogP contribution in [0, 0.1) is 0 Å². The monoisotopic (exact) mass is 140 g/mol. The number of carbonyl (C=O) groups excluding carboxylic acids is 1. The van der Waals surface area contributed by atoms with Gasteiger partial charge >= 0.3 is 6.03 Å². The van der Waals surface area contributed by atoms with Crippen molar-refractivity contribution in [1.29, 1.82) is 0 Å². The molecule has 2 rings (SSSR count). The zero-order chi connectivity index (χ0) is 6.97. The minimum absolute atomic E-state index is 0.0197. The molecule has 5 nitrogen and oxygen atoms in total. The molecule has 1 saturated heterocycles. The molecule has 5 heteroatoms. The van der Waals surface area contributed by atoms with Crippen LogP contribution in [0.25, 0.3) is 0 Å². The smallest absolute Gasteiger partial charge is 0.320 e.